The van der Waals surface area contributed by atoms with Gasteiger partial charge in [-0.25, -0.2) is 9.18 Å². The Bertz CT molecular complexity index is 757. The predicted molar refractivity (Wildman–Crippen MR) is 95.6 cm³/mol. The van der Waals surface area contributed by atoms with Crippen molar-refractivity contribution in [2.75, 3.05) is 20.3 Å². The molecule has 1 aliphatic heterocycles. The van der Waals surface area contributed by atoms with Gasteiger partial charge in [-0.2, -0.15) is 0 Å². The molecule has 0 spiro atoms. The Morgan fingerprint density at radius 3 is 2.85 bits per heavy atom. The summed E-state index contributed by atoms with van der Waals surface area (Å²) in [5, 5.41) is 11.6. The highest BCUT2D eigenvalue weighted by Gasteiger charge is 2.43. The van der Waals surface area contributed by atoms with Crippen LogP contribution in [0.2, 0.25) is 5.02 Å². The van der Waals surface area contributed by atoms with Crippen LogP contribution < -0.4 is 5.32 Å². The summed E-state index contributed by atoms with van der Waals surface area (Å²) >= 11 is 5.69. The summed E-state index contributed by atoms with van der Waals surface area (Å²) in [6, 6.07) is 2.05. The zero-order chi connectivity index (χ0) is 20.1. The van der Waals surface area contributed by atoms with Gasteiger partial charge in [-0.1, -0.05) is 23.7 Å². The van der Waals surface area contributed by atoms with Crippen LogP contribution in [0, 0.1) is 11.7 Å². The lowest BCUT2D eigenvalue weighted by atomic mass is 9.92. The number of amides is 2. The lowest BCUT2D eigenvalue weighted by Crippen LogP contribution is -2.47. The number of hydrogen-bond acceptors (Lipinski definition) is 4. The molecule has 1 heterocycles. The highest BCUT2D eigenvalue weighted by molar-refractivity contribution is 6.30. The molecule has 0 saturated carbocycles. The first kappa shape index (κ1) is 20.9. The molecule has 0 radical (unpaired) electrons. The van der Waals surface area contributed by atoms with Crippen LogP contribution in [0.5, 0.6) is 0 Å². The number of halogens is 2. The van der Waals surface area contributed by atoms with Crippen LogP contribution in [0.4, 0.5) is 4.39 Å². The van der Waals surface area contributed by atoms with E-state index in [4.69, 9.17) is 16.3 Å². The number of aliphatic carboxylic acids is 1. The minimum atomic E-state index is -1.28. The largest absolute Gasteiger partial charge is 0.480 e. The average Bonchev–Trinajstić information content (AvgIpc) is 2.91. The number of nitrogens with zero attached hydrogens (tertiary/aromatic N) is 1. The molecular formula is C18H20ClFN2O5. The van der Waals surface area contributed by atoms with Gasteiger partial charge in [0.2, 0.25) is 11.8 Å². The Kier molecular flexibility index (Phi) is 6.92. The monoisotopic (exact) mass is 398 g/mol. The number of hydrogen-bond donors (Lipinski definition) is 2. The summed E-state index contributed by atoms with van der Waals surface area (Å²) in [5.41, 5.74) is 0.403. The standard InChI is InChI=1S/C18H20ClFN2O5/c1-3-6-27-9-14(18(25)26)21-17(24)11-8-15(23)22(2)16(11)10-4-5-12(19)13(20)7-10/h3-5,7,11,14,16H,1,6,8-9H2,2H3,(H,21,24)(H,25,26). The van der Waals surface area contributed by atoms with Crippen molar-refractivity contribution in [3.05, 3.63) is 47.3 Å². The van der Waals surface area contributed by atoms with E-state index in [1.54, 1.807) is 0 Å². The number of likely N-dealkylation sites (tertiary alicyclic amines) is 1. The highest BCUT2D eigenvalue weighted by atomic mass is 35.5. The van der Waals surface area contributed by atoms with Gasteiger partial charge >= 0.3 is 5.97 Å². The van der Waals surface area contributed by atoms with E-state index in [2.05, 4.69) is 11.9 Å². The molecule has 2 N–H and O–H groups in total. The number of carbonyl (C=O) groups excluding carboxylic acids is 2. The molecule has 1 aliphatic rings. The third-order valence-corrected chi connectivity index (χ3v) is 4.65. The van der Waals surface area contributed by atoms with Crippen LogP contribution in [-0.2, 0) is 19.1 Å². The Morgan fingerprint density at radius 2 is 2.26 bits per heavy atom. The molecule has 3 unspecified atom stereocenters. The van der Waals surface area contributed by atoms with Crippen molar-refractivity contribution in [3.8, 4) is 0 Å². The second kappa shape index (κ2) is 8.96. The van der Waals surface area contributed by atoms with E-state index in [-0.39, 0.29) is 30.6 Å². The Balaban J connectivity index is 2.21. The molecule has 1 aromatic carbocycles. The number of ether oxygens (including phenoxy) is 1. The lowest BCUT2D eigenvalue weighted by Gasteiger charge is -2.26. The van der Waals surface area contributed by atoms with Gasteiger partial charge in [-0.05, 0) is 17.7 Å². The van der Waals surface area contributed by atoms with Gasteiger partial charge in [0.15, 0.2) is 6.04 Å². The molecule has 9 heteroatoms. The molecule has 2 rings (SSSR count). The lowest BCUT2D eigenvalue weighted by molar-refractivity contribution is -0.144. The van der Waals surface area contributed by atoms with E-state index >= 15 is 0 Å². The van der Waals surface area contributed by atoms with Crippen LogP contribution in [-0.4, -0.2) is 54.1 Å². The van der Waals surface area contributed by atoms with E-state index in [1.165, 1.54) is 36.2 Å². The fourth-order valence-corrected chi connectivity index (χ4v) is 3.10. The number of nitrogens with one attached hydrogen (secondary N) is 1. The number of benzene rings is 1. The summed E-state index contributed by atoms with van der Waals surface area (Å²) in [4.78, 5) is 37.5. The van der Waals surface area contributed by atoms with Crippen LogP contribution in [0.15, 0.2) is 30.9 Å². The normalized spacial score (nSPS) is 20.4. The summed E-state index contributed by atoms with van der Waals surface area (Å²) in [6.45, 7) is 3.35. The van der Waals surface area contributed by atoms with Crippen LogP contribution in [0.25, 0.3) is 0 Å². The van der Waals surface area contributed by atoms with Crippen molar-refractivity contribution in [2.24, 2.45) is 5.92 Å². The van der Waals surface area contributed by atoms with Crippen molar-refractivity contribution in [3.63, 3.8) is 0 Å². The second-order valence-electron chi connectivity index (χ2n) is 6.16. The van der Waals surface area contributed by atoms with Gasteiger partial charge in [0.1, 0.15) is 5.82 Å². The predicted octanol–water partition coefficient (Wildman–Crippen LogP) is 1.77. The third-order valence-electron chi connectivity index (χ3n) is 4.34. The topological polar surface area (TPSA) is 95.9 Å². The number of carboxylic acids is 1. The number of rotatable bonds is 8. The number of carboxylic acid groups (broad SMARTS) is 1. The third kappa shape index (κ3) is 4.84. The minimum absolute atomic E-state index is 0.0722. The summed E-state index contributed by atoms with van der Waals surface area (Å²) in [6.07, 6.45) is 1.34. The Morgan fingerprint density at radius 1 is 1.56 bits per heavy atom. The van der Waals surface area contributed by atoms with Gasteiger partial charge < -0.3 is 20.1 Å². The van der Waals surface area contributed by atoms with Crippen molar-refractivity contribution in [1.82, 2.24) is 10.2 Å². The van der Waals surface area contributed by atoms with Crippen molar-refractivity contribution < 1.29 is 28.6 Å². The summed E-state index contributed by atoms with van der Waals surface area (Å²) < 4.78 is 18.9. The second-order valence-corrected chi connectivity index (χ2v) is 6.57. The quantitative estimate of drug-likeness (QED) is 0.514. The molecular weight excluding hydrogens is 379 g/mol. The molecule has 1 aromatic rings. The summed E-state index contributed by atoms with van der Waals surface area (Å²) in [7, 11) is 1.51. The van der Waals surface area contributed by atoms with Gasteiger partial charge in [0.05, 0.1) is 30.2 Å². The highest BCUT2D eigenvalue weighted by Crippen LogP contribution is 2.38. The van der Waals surface area contributed by atoms with E-state index in [0.717, 1.165) is 0 Å². The van der Waals surface area contributed by atoms with Gasteiger partial charge in [0.25, 0.3) is 0 Å². The van der Waals surface area contributed by atoms with Gasteiger partial charge in [0, 0.05) is 13.5 Å². The first-order valence-electron chi connectivity index (χ1n) is 8.18. The zero-order valence-corrected chi connectivity index (χ0v) is 15.4. The molecule has 7 nitrogen and oxygen atoms in total. The first-order chi connectivity index (χ1) is 12.8. The Hall–Kier alpha value is -2.45. The molecule has 1 fully saturated rings. The molecule has 1 saturated heterocycles. The summed E-state index contributed by atoms with van der Waals surface area (Å²) in [5.74, 6) is -3.72. The maximum Gasteiger partial charge on any atom is 0.328 e. The molecule has 2 amide bonds. The van der Waals surface area contributed by atoms with E-state index < -0.39 is 35.7 Å². The van der Waals surface area contributed by atoms with Gasteiger partial charge in [-0.15, -0.1) is 6.58 Å². The first-order valence-corrected chi connectivity index (χ1v) is 8.56. The van der Waals surface area contributed by atoms with Crippen molar-refractivity contribution in [1.29, 1.82) is 0 Å². The van der Waals surface area contributed by atoms with Crippen molar-refractivity contribution >= 4 is 29.4 Å². The zero-order valence-electron chi connectivity index (χ0n) is 14.7. The molecule has 146 valence electrons. The molecule has 0 bridgehead atoms. The van der Waals surface area contributed by atoms with Crippen molar-refractivity contribution in [2.45, 2.75) is 18.5 Å². The van der Waals surface area contributed by atoms with E-state index in [1.807, 2.05) is 0 Å². The van der Waals surface area contributed by atoms with Crippen LogP contribution in [0.3, 0.4) is 0 Å². The average molecular weight is 399 g/mol. The molecule has 0 aromatic heterocycles. The SMILES string of the molecule is C=CCOCC(NC(=O)C1CC(=O)N(C)C1c1ccc(Cl)c(F)c1)C(=O)O. The maximum atomic E-state index is 13.8. The van der Waals surface area contributed by atoms with Gasteiger partial charge in [-0.3, -0.25) is 9.59 Å². The minimum Gasteiger partial charge on any atom is -0.480 e. The molecule has 27 heavy (non-hydrogen) atoms. The number of carbonyl (C=O) groups is 3. The van der Waals surface area contributed by atoms with Crippen LogP contribution >= 0.6 is 11.6 Å². The maximum absolute atomic E-state index is 13.8. The van der Waals surface area contributed by atoms with E-state index in [9.17, 15) is 23.9 Å². The molecule has 3 atom stereocenters. The molecule has 0 aliphatic carbocycles. The van der Waals surface area contributed by atoms with Crippen LogP contribution in [0.1, 0.15) is 18.0 Å². The fourth-order valence-electron chi connectivity index (χ4n) is 2.98. The Labute approximate surface area is 160 Å². The smallest absolute Gasteiger partial charge is 0.328 e. The fraction of sp³-hybridized carbons (Fsp3) is 0.389. The van der Waals surface area contributed by atoms with E-state index in [0.29, 0.717) is 5.56 Å².